The van der Waals surface area contributed by atoms with Gasteiger partial charge in [-0.05, 0) is 19.5 Å². The van der Waals surface area contributed by atoms with Crippen molar-refractivity contribution in [1.82, 2.24) is 4.90 Å². The first-order valence-electron chi connectivity index (χ1n) is 4.21. The highest BCUT2D eigenvalue weighted by atomic mass is 15.1. The summed E-state index contributed by atoms with van der Waals surface area (Å²) in [6.45, 7) is 10.4. The normalized spacial score (nSPS) is 9.40. The van der Waals surface area contributed by atoms with Crippen LogP contribution in [0.3, 0.4) is 0 Å². The van der Waals surface area contributed by atoms with Gasteiger partial charge < -0.3 is 4.90 Å². The summed E-state index contributed by atoms with van der Waals surface area (Å²) < 4.78 is 0. The molecule has 0 aliphatic carbocycles. The van der Waals surface area contributed by atoms with E-state index < -0.39 is 0 Å². The lowest BCUT2D eigenvalue weighted by atomic mass is 10.2. The molecular weight excluding hydrogens is 122 g/mol. The van der Waals surface area contributed by atoms with Crippen LogP contribution in [0.2, 0.25) is 0 Å². The maximum absolute atomic E-state index is 3.74. The number of unbranched alkanes of at least 4 members (excludes halogenated alkanes) is 2. The maximum Gasteiger partial charge on any atom is 0.0172 e. The summed E-state index contributed by atoms with van der Waals surface area (Å²) in [7, 11) is 0. The molecule has 0 aliphatic rings. The van der Waals surface area contributed by atoms with Gasteiger partial charge in [-0.1, -0.05) is 26.3 Å². The number of hydrogen-bond donors (Lipinski definition) is 0. The van der Waals surface area contributed by atoms with E-state index in [-0.39, 0.29) is 0 Å². The van der Waals surface area contributed by atoms with Gasteiger partial charge in [0.2, 0.25) is 0 Å². The molecule has 0 atom stereocenters. The largest absolute Gasteiger partial charge is 0.378 e. The second kappa shape index (κ2) is 6.66. The van der Waals surface area contributed by atoms with Gasteiger partial charge in [-0.15, -0.1) is 0 Å². The Morgan fingerprint density at radius 3 is 2.40 bits per heavy atom. The van der Waals surface area contributed by atoms with Crippen LogP contribution in [0, 0.1) is 0 Å². The van der Waals surface area contributed by atoms with E-state index in [0.29, 0.717) is 0 Å². The Kier molecular flexibility index (Phi) is 6.35. The summed E-state index contributed by atoms with van der Waals surface area (Å²) >= 11 is 0. The van der Waals surface area contributed by atoms with Crippen LogP contribution in [0.15, 0.2) is 12.8 Å². The van der Waals surface area contributed by atoms with Crippen LogP contribution < -0.4 is 0 Å². The van der Waals surface area contributed by atoms with Crippen molar-refractivity contribution in [3.63, 3.8) is 0 Å². The lowest BCUT2D eigenvalue weighted by Gasteiger charge is -2.16. The van der Waals surface area contributed by atoms with Crippen molar-refractivity contribution in [3.05, 3.63) is 12.8 Å². The van der Waals surface area contributed by atoms with Crippen LogP contribution in [-0.4, -0.2) is 18.0 Å². The number of hydrogen-bond acceptors (Lipinski definition) is 1. The number of nitrogens with zero attached hydrogens (tertiary/aromatic N) is 1. The molecule has 10 heavy (non-hydrogen) atoms. The second-order valence-corrected chi connectivity index (χ2v) is 2.52. The average Bonchev–Trinajstić information content (AvgIpc) is 1.99. The lowest BCUT2D eigenvalue weighted by Crippen LogP contribution is -2.17. The maximum atomic E-state index is 3.74. The van der Waals surface area contributed by atoms with Crippen molar-refractivity contribution in [1.29, 1.82) is 0 Å². The van der Waals surface area contributed by atoms with Gasteiger partial charge in [0.25, 0.3) is 0 Å². The molecule has 0 aromatic rings. The molecule has 0 bridgehead atoms. The van der Waals surface area contributed by atoms with E-state index in [4.69, 9.17) is 0 Å². The minimum absolute atomic E-state index is 1.09. The molecule has 1 nitrogen and oxygen atoms in total. The third-order valence-electron chi connectivity index (χ3n) is 1.71. The van der Waals surface area contributed by atoms with E-state index in [1.165, 1.54) is 25.8 Å². The van der Waals surface area contributed by atoms with E-state index >= 15 is 0 Å². The zero-order valence-corrected chi connectivity index (χ0v) is 7.27. The zero-order chi connectivity index (χ0) is 7.82. The van der Waals surface area contributed by atoms with Gasteiger partial charge in [-0.2, -0.15) is 0 Å². The Bertz CT molecular complexity index is 78.8. The Labute approximate surface area is 64.7 Å². The van der Waals surface area contributed by atoms with Crippen LogP contribution in [-0.2, 0) is 0 Å². The molecule has 0 amide bonds. The standard InChI is InChI=1S/C9H19N/c1-4-7-8-9-10(5-2)6-3/h5H,2,4,6-9H2,1,3H3. The predicted octanol–water partition coefficient (Wildman–Crippen LogP) is 2.64. The molecule has 0 unspecified atom stereocenters. The van der Waals surface area contributed by atoms with E-state index in [1.807, 2.05) is 6.20 Å². The Morgan fingerprint density at radius 2 is 2.00 bits per heavy atom. The molecule has 60 valence electrons. The van der Waals surface area contributed by atoms with Crippen molar-refractivity contribution in [2.45, 2.75) is 33.1 Å². The Morgan fingerprint density at radius 1 is 1.30 bits per heavy atom. The highest BCUT2D eigenvalue weighted by molar-refractivity contribution is 4.68. The summed E-state index contributed by atoms with van der Waals surface area (Å²) in [6.07, 6.45) is 5.87. The van der Waals surface area contributed by atoms with Crippen LogP contribution in [0.4, 0.5) is 0 Å². The van der Waals surface area contributed by atoms with Crippen LogP contribution in [0.25, 0.3) is 0 Å². The van der Waals surface area contributed by atoms with E-state index in [0.717, 1.165) is 6.54 Å². The molecule has 0 heterocycles. The first-order valence-corrected chi connectivity index (χ1v) is 4.21. The zero-order valence-electron chi connectivity index (χ0n) is 7.27. The fourth-order valence-electron chi connectivity index (χ4n) is 0.943. The quantitative estimate of drug-likeness (QED) is 0.514. The molecule has 0 N–H and O–H groups in total. The molecule has 0 rings (SSSR count). The Hall–Kier alpha value is -0.460. The monoisotopic (exact) mass is 141 g/mol. The minimum atomic E-state index is 1.09. The van der Waals surface area contributed by atoms with E-state index in [9.17, 15) is 0 Å². The van der Waals surface area contributed by atoms with Crippen molar-refractivity contribution in [2.75, 3.05) is 13.1 Å². The van der Waals surface area contributed by atoms with Gasteiger partial charge in [0.15, 0.2) is 0 Å². The molecule has 0 saturated carbocycles. The van der Waals surface area contributed by atoms with Crippen LogP contribution in [0.5, 0.6) is 0 Å². The molecule has 0 aromatic heterocycles. The first kappa shape index (κ1) is 9.54. The van der Waals surface area contributed by atoms with Crippen molar-refractivity contribution in [2.24, 2.45) is 0 Å². The summed E-state index contributed by atoms with van der Waals surface area (Å²) in [5, 5.41) is 0. The first-order chi connectivity index (χ1) is 4.85. The van der Waals surface area contributed by atoms with Gasteiger partial charge in [0.05, 0.1) is 0 Å². The molecule has 0 aromatic carbocycles. The highest BCUT2D eigenvalue weighted by Gasteiger charge is 1.92. The van der Waals surface area contributed by atoms with E-state index in [2.05, 4.69) is 25.3 Å². The van der Waals surface area contributed by atoms with Gasteiger partial charge in [0, 0.05) is 13.1 Å². The van der Waals surface area contributed by atoms with Gasteiger partial charge in [-0.3, -0.25) is 0 Å². The molecule has 0 radical (unpaired) electrons. The summed E-state index contributed by atoms with van der Waals surface area (Å²) in [5.41, 5.74) is 0. The van der Waals surface area contributed by atoms with Crippen LogP contribution >= 0.6 is 0 Å². The highest BCUT2D eigenvalue weighted by Crippen LogP contribution is 1.97. The van der Waals surface area contributed by atoms with Gasteiger partial charge in [0.1, 0.15) is 0 Å². The molecule has 0 spiro atoms. The fourth-order valence-corrected chi connectivity index (χ4v) is 0.943. The van der Waals surface area contributed by atoms with Gasteiger partial charge >= 0.3 is 0 Å². The summed E-state index contributed by atoms with van der Waals surface area (Å²) in [6, 6.07) is 0. The summed E-state index contributed by atoms with van der Waals surface area (Å²) in [4.78, 5) is 2.25. The molecule has 0 fully saturated rings. The second-order valence-electron chi connectivity index (χ2n) is 2.52. The minimum Gasteiger partial charge on any atom is -0.378 e. The summed E-state index contributed by atoms with van der Waals surface area (Å²) in [5.74, 6) is 0. The van der Waals surface area contributed by atoms with Crippen LogP contribution in [0.1, 0.15) is 33.1 Å². The van der Waals surface area contributed by atoms with Gasteiger partial charge in [-0.25, -0.2) is 0 Å². The molecule has 0 saturated heterocycles. The average molecular weight is 141 g/mol. The van der Waals surface area contributed by atoms with Crippen molar-refractivity contribution in [3.8, 4) is 0 Å². The SMILES string of the molecule is C=CN(CC)CCCCC. The lowest BCUT2D eigenvalue weighted by molar-refractivity contribution is 0.383. The molecular formula is C9H19N. The topological polar surface area (TPSA) is 3.24 Å². The number of rotatable bonds is 6. The van der Waals surface area contributed by atoms with E-state index in [1.54, 1.807) is 0 Å². The predicted molar refractivity (Wildman–Crippen MR) is 47.0 cm³/mol. The van der Waals surface area contributed by atoms with Crippen molar-refractivity contribution < 1.29 is 0 Å². The molecule has 0 aliphatic heterocycles. The molecule has 1 heteroatoms. The Balaban J connectivity index is 3.17. The third-order valence-corrected chi connectivity index (χ3v) is 1.71. The van der Waals surface area contributed by atoms with Crippen molar-refractivity contribution >= 4 is 0 Å². The smallest absolute Gasteiger partial charge is 0.0172 e. The fraction of sp³-hybridized carbons (Fsp3) is 0.778. The third kappa shape index (κ3) is 4.42.